The van der Waals surface area contributed by atoms with Crippen molar-refractivity contribution in [2.45, 2.75) is 287 Å². The van der Waals surface area contributed by atoms with Gasteiger partial charge in [-0.05, 0) is 273 Å². The molecule has 0 aliphatic heterocycles. The normalized spacial score (nSPS) is 38.4. The van der Waals surface area contributed by atoms with Crippen molar-refractivity contribution in [2.24, 2.45) is 93.2 Å². The highest BCUT2D eigenvalue weighted by Crippen LogP contribution is 2.62. The van der Waals surface area contributed by atoms with E-state index in [1.165, 1.54) is 118 Å². The van der Waals surface area contributed by atoms with Crippen molar-refractivity contribution >= 4 is 0 Å². The van der Waals surface area contributed by atoms with Crippen molar-refractivity contribution in [3.05, 3.63) is 143 Å². The summed E-state index contributed by atoms with van der Waals surface area (Å²) in [4.78, 5) is 0. The molecule has 0 aromatic carbocycles. The molecule has 0 radical (unpaired) electrons. The highest BCUT2D eigenvalue weighted by Gasteiger charge is 2.53. The fraction of sp³-hybridized carbons (Fsp3) is 0.714. The van der Waals surface area contributed by atoms with E-state index in [0.29, 0.717) is 76.4 Å². The van der Waals surface area contributed by atoms with Crippen LogP contribution >= 0.6 is 0 Å². The first-order valence-corrected chi connectivity index (χ1v) is 36.6. The number of aliphatic hydroxyl groups is 6. The van der Waals surface area contributed by atoms with E-state index in [1.807, 2.05) is 27.7 Å². The van der Waals surface area contributed by atoms with Gasteiger partial charge in [-0.3, -0.25) is 0 Å². The summed E-state index contributed by atoms with van der Waals surface area (Å²) in [6, 6.07) is 0. The van der Waals surface area contributed by atoms with E-state index < -0.39 is 23.4 Å². The molecule has 0 heterocycles. The minimum Gasteiger partial charge on any atom is -0.393 e. The molecule has 9 aliphatic carbocycles. The van der Waals surface area contributed by atoms with Gasteiger partial charge in [-0.25, -0.2) is 0 Å². The Morgan fingerprint density at radius 3 is 1.10 bits per heavy atom. The third-order valence-corrected chi connectivity index (χ3v) is 26.1. The molecule has 0 aromatic heterocycles. The van der Waals surface area contributed by atoms with Gasteiger partial charge in [0.2, 0.25) is 0 Å². The fourth-order valence-electron chi connectivity index (χ4n) is 18.8. The van der Waals surface area contributed by atoms with Crippen LogP contribution in [0, 0.1) is 93.2 Å². The van der Waals surface area contributed by atoms with Gasteiger partial charge < -0.3 is 30.6 Å². The maximum atomic E-state index is 10.3. The van der Waals surface area contributed by atoms with Gasteiger partial charge in [0, 0.05) is 18.3 Å². The lowest BCUT2D eigenvalue weighted by Gasteiger charge is -2.44. The second-order valence-electron chi connectivity index (χ2n) is 33.4. The topological polar surface area (TPSA) is 121 Å². The summed E-state index contributed by atoms with van der Waals surface area (Å²) >= 11 is 0. The quantitative estimate of drug-likeness (QED) is 0.0909. The van der Waals surface area contributed by atoms with Gasteiger partial charge in [0.15, 0.2) is 0 Å². The highest BCUT2D eigenvalue weighted by atomic mass is 16.3. The predicted octanol–water partition coefficient (Wildman–Crippen LogP) is 20.1. The standard InChI is InChI=1S/C28H44O3.C28H44O2.C28H44O/c1-18(9-10-19(2)27(4,5)31)24-13-14-25-21(8-7-15-28(24,25)6)11-12-22-16-23(29)17-26(30)20(22)3;1-19-10-14-24(29)18-23(19)13-12-22-8-7-17-28(6)25(15-16-26(22)28)20(2)9-11-21(3)27(4,5)30;1-19(2)20(3)9-10-22(5)26-15-16-27-23(8-7-17-28(26,27)6)12-13-24-18-25(29)14-11-21(24)4/h9-12,18-19,23-26,29-31H,3,7-8,13-17H2,1-2,4-6H3;9,11-13,20-21,24-26,29-30H,1,7-8,10,14-18H2,2-6H3;9-10,12-13,19-20,22,25-27,29H,4,7-8,11,14-18H2,1-3,5-6H3/b10-9+,21-11+,22-12-;11-9+,22-12+,23-13-;10-9+,23-12+,24-13-/t18-,19+,23-,24-,25+,26+,28-;20-,21+,24+,25-,26+,28-;20-,22+,25-,26+,27-,28+/m110/s1. The van der Waals surface area contributed by atoms with Gasteiger partial charge >= 0.3 is 0 Å². The van der Waals surface area contributed by atoms with E-state index >= 15 is 0 Å². The van der Waals surface area contributed by atoms with Crippen LogP contribution in [0.3, 0.4) is 0 Å². The SMILES string of the molecule is C=C1/C(=C\C=C2/CCC[C@]3(C)[C@@H]([C@H](C)/C=C/[C@H](C)C(C)(C)O)CC[C@@H]23)C[C@@H](O)C[C@@H]1O.C=C1CC[C@H](O)C/C1=C/C=C1\CCC[C@]2(C)[C@@H]([C@H](C)/C=C/[C@H](C)C(C)(C)O)CC[C@@H]12.C=C1CC[C@H](O)C/C1=C/C=C1\CCC[C@]2(C)[C@@H]([C@H](C)/C=C/[C@H](C)C(C)C)CC[C@@H]12. The molecule has 0 unspecified atom stereocenters. The number of aliphatic hydroxyl groups excluding tert-OH is 4. The molecule has 9 rings (SSSR count). The van der Waals surface area contributed by atoms with E-state index in [0.717, 1.165) is 73.8 Å². The second-order valence-corrected chi connectivity index (χ2v) is 33.4. The van der Waals surface area contributed by atoms with E-state index in [9.17, 15) is 30.6 Å². The highest BCUT2D eigenvalue weighted by molar-refractivity contribution is 5.40. The first-order chi connectivity index (χ1) is 42.2. The molecule has 9 fully saturated rings. The predicted molar refractivity (Wildman–Crippen MR) is 381 cm³/mol. The third-order valence-electron chi connectivity index (χ3n) is 26.1. The van der Waals surface area contributed by atoms with Crippen LogP contribution in [0.5, 0.6) is 0 Å². The minimum atomic E-state index is -0.684. The Labute approximate surface area is 550 Å². The monoisotopic (exact) mass is 1240 g/mol. The van der Waals surface area contributed by atoms with Crippen molar-refractivity contribution in [3.8, 4) is 0 Å². The van der Waals surface area contributed by atoms with Gasteiger partial charge in [-0.15, -0.1) is 0 Å². The first kappa shape index (κ1) is 74.0. The molecule has 504 valence electrons. The molecular weight excluding hydrogens is 1100 g/mol. The van der Waals surface area contributed by atoms with E-state index in [2.05, 4.69) is 169 Å². The Kier molecular flexibility index (Phi) is 25.9. The number of rotatable bonds is 15. The van der Waals surface area contributed by atoms with E-state index in [4.69, 9.17) is 0 Å². The Morgan fingerprint density at radius 2 is 0.756 bits per heavy atom. The van der Waals surface area contributed by atoms with Crippen LogP contribution in [0.25, 0.3) is 0 Å². The van der Waals surface area contributed by atoms with Gasteiger partial charge in [0.25, 0.3) is 0 Å². The van der Waals surface area contributed by atoms with Gasteiger partial charge in [-0.1, -0.05) is 197 Å². The molecule has 0 spiro atoms. The van der Waals surface area contributed by atoms with E-state index in [-0.39, 0.29) is 24.0 Å². The van der Waals surface area contributed by atoms with Gasteiger partial charge in [0.05, 0.1) is 35.6 Å². The average Bonchev–Trinajstić information content (AvgIpc) is 1.61. The summed E-state index contributed by atoms with van der Waals surface area (Å²) in [5, 5.41) is 60.8. The minimum absolute atomic E-state index is 0.141. The van der Waals surface area contributed by atoms with Crippen molar-refractivity contribution in [3.63, 3.8) is 0 Å². The lowest BCUT2D eigenvalue weighted by atomic mass is 9.61. The molecule has 0 bridgehead atoms. The molecule has 6 heteroatoms. The Morgan fingerprint density at radius 1 is 0.422 bits per heavy atom. The molecule has 19 atom stereocenters. The Bertz CT molecular complexity index is 2740. The maximum Gasteiger partial charge on any atom is 0.0811 e. The summed E-state index contributed by atoms with van der Waals surface area (Å²) in [7, 11) is 0. The van der Waals surface area contributed by atoms with Crippen molar-refractivity contribution in [1.82, 2.24) is 0 Å². The average molecular weight is 1240 g/mol. The van der Waals surface area contributed by atoms with Gasteiger partial charge in [-0.2, -0.15) is 0 Å². The second kappa shape index (κ2) is 31.5. The molecule has 9 saturated carbocycles. The van der Waals surface area contributed by atoms with Crippen LogP contribution in [0.1, 0.15) is 252 Å². The number of allylic oxidation sites excluding steroid dienone is 15. The summed E-state index contributed by atoms with van der Waals surface area (Å²) in [6.07, 6.45) is 51.7. The van der Waals surface area contributed by atoms with Gasteiger partial charge in [0.1, 0.15) is 0 Å². The Hall–Kier alpha value is -3.36. The van der Waals surface area contributed by atoms with Crippen LogP contribution in [0.2, 0.25) is 0 Å². The summed E-state index contributed by atoms with van der Waals surface area (Å²) in [5.41, 5.74) is 11.3. The van der Waals surface area contributed by atoms with Crippen molar-refractivity contribution < 1.29 is 30.6 Å². The number of hydrogen-bond donors (Lipinski definition) is 6. The van der Waals surface area contributed by atoms with E-state index in [1.54, 1.807) is 11.1 Å². The number of fused-ring (bicyclic) bond motifs is 3. The first-order valence-electron chi connectivity index (χ1n) is 36.6. The molecule has 0 aromatic rings. The zero-order valence-corrected chi connectivity index (χ0v) is 59.8. The van der Waals surface area contributed by atoms with Crippen LogP contribution in [-0.2, 0) is 0 Å². The Balaban J connectivity index is 0.000000192. The molecule has 0 amide bonds. The fourth-order valence-corrected chi connectivity index (χ4v) is 18.8. The lowest BCUT2D eigenvalue weighted by molar-refractivity contribution is 0.0431. The molecular formula is C84H132O6. The number of hydrogen-bond acceptors (Lipinski definition) is 6. The zero-order valence-electron chi connectivity index (χ0n) is 59.8. The van der Waals surface area contributed by atoms with Crippen molar-refractivity contribution in [1.29, 1.82) is 0 Å². The summed E-state index contributed by atoms with van der Waals surface area (Å²) < 4.78 is 0. The molecule has 9 aliphatic rings. The lowest BCUT2D eigenvalue weighted by Crippen LogP contribution is -2.35. The maximum absolute atomic E-state index is 10.3. The summed E-state index contributed by atoms with van der Waals surface area (Å²) in [6.45, 7) is 46.0. The molecule has 0 saturated heterocycles. The molecule has 6 N–H and O–H groups in total. The van der Waals surface area contributed by atoms with Crippen LogP contribution < -0.4 is 0 Å². The van der Waals surface area contributed by atoms with Crippen LogP contribution in [0.15, 0.2) is 143 Å². The zero-order chi connectivity index (χ0) is 66.3. The molecule has 6 nitrogen and oxygen atoms in total. The van der Waals surface area contributed by atoms with Crippen LogP contribution in [0.4, 0.5) is 0 Å². The van der Waals surface area contributed by atoms with Crippen LogP contribution in [-0.4, -0.2) is 66.3 Å². The smallest absolute Gasteiger partial charge is 0.0811 e. The molecule has 90 heavy (non-hydrogen) atoms. The van der Waals surface area contributed by atoms with Crippen molar-refractivity contribution in [2.75, 3.05) is 0 Å². The summed E-state index contributed by atoms with van der Waals surface area (Å²) in [5.74, 6) is 7.57. The largest absolute Gasteiger partial charge is 0.393 e. The third kappa shape index (κ3) is 18.1.